The van der Waals surface area contributed by atoms with Crippen molar-refractivity contribution in [2.75, 3.05) is 33.4 Å². The van der Waals surface area contributed by atoms with E-state index < -0.39 is 5.60 Å². The fourth-order valence-electron chi connectivity index (χ4n) is 2.23. The number of methoxy groups -OCH3 is 1. The third-order valence-electron chi connectivity index (χ3n) is 3.71. The first-order valence-corrected chi connectivity index (χ1v) is 8.26. The van der Waals surface area contributed by atoms with Gasteiger partial charge in [-0.15, -0.1) is 0 Å². The van der Waals surface area contributed by atoms with E-state index in [2.05, 4.69) is 20.7 Å². The maximum atomic E-state index is 10.6. The smallest absolute Gasteiger partial charge is 0.191 e. The lowest BCUT2D eigenvalue weighted by Crippen LogP contribution is -2.41. The molecule has 0 aromatic carbocycles. The number of hydrogen-bond donors (Lipinski definition) is 3. The Morgan fingerprint density at radius 3 is 2.88 bits per heavy atom. The molecule has 0 saturated heterocycles. The summed E-state index contributed by atoms with van der Waals surface area (Å²) in [5, 5.41) is 21.2. The highest BCUT2D eigenvalue weighted by Crippen LogP contribution is 2.19. The second kappa shape index (κ2) is 9.24. The molecule has 1 atom stereocenters. The fraction of sp³-hybridized carbons (Fsp3) is 0.529. The standard InChI is InChI=1S/C17H27N5O3/c1-17(23,14-11-21-22(2)12-14)13-20-16(19-8-10-24-3)18-7-6-15-5-4-9-25-15/h4-5,9,11-12,23H,6-8,10,13H2,1-3H3,(H2,18,19,20). The zero-order chi connectivity index (χ0) is 18.1. The molecule has 1 unspecified atom stereocenters. The molecule has 0 aliphatic carbocycles. The van der Waals surface area contributed by atoms with Crippen LogP contribution in [-0.4, -0.2) is 54.2 Å². The van der Waals surface area contributed by atoms with Crippen molar-refractivity contribution >= 4 is 5.96 Å². The Morgan fingerprint density at radius 1 is 1.44 bits per heavy atom. The minimum Gasteiger partial charge on any atom is -0.469 e. The van der Waals surface area contributed by atoms with Crippen molar-refractivity contribution in [2.45, 2.75) is 18.9 Å². The Labute approximate surface area is 147 Å². The number of ether oxygens (including phenoxy) is 1. The minimum atomic E-state index is -1.09. The molecular formula is C17H27N5O3. The highest BCUT2D eigenvalue weighted by Gasteiger charge is 2.24. The Balaban J connectivity index is 1.93. The molecule has 8 nitrogen and oxygen atoms in total. The van der Waals surface area contributed by atoms with Crippen LogP contribution in [0.2, 0.25) is 0 Å². The highest BCUT2D eigenvalue weighted by atomic mass is 16.5. The molecule has 0 aliphatic heterocycles. The van der Waals surface area contributed by atoms with Crippen molar-refractivity contribution in [3.05, 3.63) is 42.1 Å². The first-order valence-electron chi connectivity index (χ1n) is 8.26. The van der Waals surface area contributed by atoms with Crippen LogP contribution in [0.3, 0.4) is 0 Å². The molecule has 0 aliphatic rings. The lowest BCUT2D eigenvalue weighted by molar-refractivity contribution is 0.0671. The van der Waals surface area contributed by atoms with Gasteiger partial charge in [0, 0.05) is 45.4 Å². The molecule has 25 heavy (non-hydrogen) atoms. The van der Waals surface area contributed by atoms with Gasteiger partial charge >= 0.3 is 0 Å². The Morgan fingerprint density at radius 2 is 2.24 bits per heavy atom. The first kappa shape index (κ1) is 19.0. The molecule has 0 bridgehead atoms. The summed E-state index contributed by atoms with van der Waals surface area (Å²) in [6, 6.07) is 3.80. The predicted molar refractivity (Wildman–Crippen MR) is 95.4 cm³/mol. The summed E-state index contributed by atoms with van der Waals surface area (Å²) in [6.45, 7) is 3.79. The molecule has 2 aromatic rings. The summed E-state index contributed by atoms with van der Waals surface area (Å²) in [5.74, 6) is 1.53. The average Bonchev–Trinajstić information content (AvgIpc) is 3.24. The monoisotopic (exact) mass is 349 g/mol. The molecule has 2 aromatic heterocycles. The predicted octanol–water partition coefficient (Wildman–Crippen LogP) is 0.645. The Hall–Kier alpha value is -2.32. The van der Waals surface area contributed by atoms with Crippen molar-refractivity contribution in [1.82, 2.24) is 20.4 Å². The Bertz CT molecular complexity index is 649. The summed E-state index contributed by atoms with van der Waals surface area (Å²) in [5.41, 5.74) is -0.365. The van der Waals surface area contributed by atoms with Crippen LogP contribution in [0.15, 0.2) is 40.2 Å². The van der Waals surface area contributed by atoms with Crippen LogP contribution in [0.4, 0.5) is 0 Å². The third-order valence-corrected chi connectivity index (χ3v) is 3.71. The van der Waals surface area contributed by atoms with Crippen molar-refractivity contribution in [1.29, 1.82) is 0 Å². The molecule has 138 valence electrons. The largest absolute Gasteiger partial charge is 0.469 e. The number of hydrogen-bond acceptors (Lipinski definition) is 5. The zero-order valence-electron chi connectivity index (χ0n) is 15.0. The van der Waals surface area contributed by atoms with Crippen LogP contribution in [0.1, 0.15) is 18.2 Å². The number of nitrogens with zero attached hydrogens (tertiary/aromatic N) is 3. The van der Waals surface area contributed by atoms with Crippen molar-refractivity contribution in [3.63, 3.8) is 0 Å². The van der Waals surface area contributed by atoms with Gasteiger partial charge in [-0.1, -0.05) is 0 Å². The summed E-state index contributed by atoms with van der Waals surface area (Å²) < 4.78 is 12.0. The molecule has 8 heteroatoms. The zero-order valence-corrected chi connectivity index (χ0v) is 15.0. The molecule has 2 heterocycles. The number of aromatic nitrogens is 2. The summed E-state index contributed by atoms with van der Waals surface area (Å²) in [7, 11) is 3.47. The van der Waals surface area contributed by atoms with Gasteiger partial charge in [-0.05, 0) is 19.1 Å². The Kier molecular flexibility index (Phi) is 7.03. The number of nitrogens with one attached hydrogen (secondary N) is 2. The van der Waals surface area contributed by atoms with Gasteiger partial charge in [0.15, 0.2) is 5.96 Å². The molecule has 0 saturated carbocycles. The van der Waals surface area contributed by atoms with E-state index in [1.807, 2.05) is 19.2 Å². The van der Waals surface area contributed by atoms with E-state index in [-0.39, 0.29) is 6.54 Å². The summed E-state index contributed by atoms with van der Waals surface area (Å²) in [6.07, 6.45) is 5.85. The normalized spacial score (nSPS) is 14.3. The van der Waals surface area contributed by atoms with E-state index in [0.717, 1.165) is 17.7 Å². The lowest BCUT2D eigenvalue weighted by Gasteiger charge is -2.20. The van der Waals surface area contributed by atoms with E-state index in [1.165, 1.54) is 0 Å². The number of aliphatic imine (C=N–C) groups is 1. The van der Waals surface area contributed by atoms with Gasteiger partial charge in [0.1, 0.15) is 11.4 Å². The molecule has 0 spiro atoms. The van der Waals surface area contributed by atoms with Gasteiger partial charge in [0.05, 0.1) is 25.6 Å². The van der Waals surface area contributed by atoms with Crippen molar-refractivity contribution in [2.24, 2.45) is 12.0 Å². The minimum absolute atomic E-state index is 0.210. The fourth-order valence-corrected chi connectivity index (χ4v) is 2.23. The molecule has 3 N–H and O–H groups in total. The molecule has 0 fully saturated rings. The van der Waals surface area contributed by atoms with Gasteiger partial charge < -0.3 is 24.9 Å². The van der Waals surface area contributed by atoms with Crippen molar-refractivity contribution < 1.29 is 14.3 Å². The quantitative estimate of drug-likeness (QED) is 0.349. The third kappa shape index (κ3) is 6.24. The number of furan rings is 1. The average molecular weight is 349 g/mol. The van der Waals surface area contributed by atoms with Gasteiger partial charge in [-0.25, -0.2) is 4.99 Å². The number of aryl methyl sites for hydroxylation is 1. The van der Waals surface area contributed by atoms with E-state index in [9.17, 15) is 5.11 Å². The number of aliphatic hydroxyl groups is 1. The van der Waals surface area contributed by atoms with E-state index >= 15 is 0 Å². The lowest BCUT2D eigenvalue weighted by atomic mass is 10.0. The van der Waals surface area contributed by atoms with Gasteiger partial charge in [0.25, 0.3) is 0 Å². The molecular weight excluding hydrogens is 322 g/mol. The highest BCUT2D eigenvalue weighted by molar-refractivity contribution is 5.79. The van der Waals surface area contributed by atoms with Crippen LogP contribution in [-0.2, 0) is 23.8 Å². The SMILES string of the molecule is COCCNC(=NCC(C)(O)c1cnn(C)c1)NCCc1ccco1. The second-order valence-corrected chi connectivity index (χ2v) is 6.02. The summed E-state index contributed by atoms with van der Waals surface area (Å²) in [4.78, 5) is 4.49. The molecule has 0 radical (unpaired) electrons. The molecule has 2 rings (SSSR count). The van der Waals surface area contributed by atoms with E-state index in [1.54, 1.807) is 37.4 Å². The first-order chi connectivity index (χ1) is 12.0. The van der Waals surface area contributed by atoms with Gasteiger partial charge in [0.2, 0.25) is 0 Å². The maximum Gasteiger partial charge on any atom is 0.191 e. The van der Waals surface area contributed by atoms with E-state index in [0.29, 0.717) is 25.7 Å². The van der Waals surface area contributed by atoms with Crippen LogP contribution in [0.25, 0.3) is 0 Å². The number of guanidine groups is 1. The van der Waals surface area contributed by atoms with Crippen LogP contribution < -0.4 is 10.6 Å². The topological polar surface area (TPSA) is 96.8 Å². The van der Waals surface area contributed by atoms with Crippen LogP contribution in [0.5, 0.6) is 0 Å². The van der Waals surface area contributed by atoms with Crippen LogP contribution >= 0.6 is 0 Å². The van der Waals surface area contributed by atoms with E-state index in [4.69, 9.17) is 9.15 Å². The van der Waals surface area contributed by atoms with Crippen LogP contribution in [0, 0.1) is 0 Å². The number of rotatable bonds is 9. The van der Waals surface area contributed by atoms with Gasteiger partial charge in [-0.2, -0.15) is 5.10 Å². The maximum absolute atomic E-state index is 10.6. The van der Waals surface area contributed by atoms with Crippen molar-refractivity contribution in [3.8, 4) is 0 Å². The van der Waals surface area contributed by atoms with Gasteiger partial charge in [-0.3, -0.25) is 4.68 Å². The molecule has 0 amide bonds. The second-order valence-electron chi connectivity index (χ2n) is 6.02. The summed E-state index contributed by atoms with van der Waals surface area (Å²) >= 11 is 0.